The second-order valence-corrected chi connectivity index (χ2v) is 6.50. The van der Waals surface area contributed by atoms with Gasteiger partial charge in [-0.3, -0.25) is 4.79 Å². The molecule has 0 bridgehead atoms. The molecule has 1 aliphatic carbocycles. The van der Waals surface area contributed by atoms with Gasteiger partial charge in [0.05, 0.1) is 18.2 Å². The van der Waals surface area contributed by atoms with Crippen LogP contribution >= 0.6 is 0 Å². The number of hydrogen-bond donors (Lipinski definition) is 1. The molecule has 1 aromatic carbocycles. The quantitative estimate of drug-likeness (QED) is 0.912. The van der Waals surface area contributed by atoms with Crippen molar-refractivity contribution in [2.24, 2.45) is 0 Å². The molecule has 1 N–H and O–H groups in total. The van der Waals surface area contributed by atoms with Crippen molar-refractivity contribution in [3.8, 4) is 11.5 Å². The van der Waals surface area contributed by atoms with Crippen LogP contribution < -0.4 is 14.8 Å². The zero-order valence-corrected chi connectivity index (χ0v) is 12.6. The second kappa shape index (κ2) is 5.47. The zero-order chi connectivity index (χ0) is 15.0. The Balaban J connectivity index is 1.40. The van der Waals surface area contributed by atoms with Crippen LogP contribution in [0.15, 0.2) is 18.2 Å². The molecule has 0 aromatic heterocycles. The Bertz CT molecular complexity index is 580. The lowest BCUT2D eigenvalue weighted by molar-refractivity contribution is -0.0246. The average Bonchev–Trinajstić information content (AvgIpc) is 3.15. The van der Waals surface area contributed by atoms with Crippen LogP contribution in [0.25, 0.3) is 0 Å². The summed E-state index contributed by atoms with van der Waals surface area (Å²) in [6.45, 7) is 0.843. The van der Waals surface area contributed by atoms with E-state index < -0.39 is 0 Å². The fourth-order valence-electron chi connectivity index (χ4n) is 3.79. The van der Waals surface area contributed by atoms with Gasteiger partial charge in [-0.2, -0.15) is 0 Å². The number of benzene rings is 1. The summed E-state index contributed by atoms with van der Waals surface area (Å²) in [6.07, 6.45) is 6.97. The van der Waals surface area contributed by atoms with E-state index in [1.165, 1.54) is 19.3 Å². The number of amides is 1. The van der Waals surface area contributed by atoms with Gasteiger partial charge in [0.1, 0.15) is 0 Å². The van der Waals surface area contributed by atoms with Crippen molar-refractivity contribution < 1.29 is 19.0 Å². The minimum Gasteiger partial charge on any atom is -0.454 e. The Hall–Kier alpha value is -1.75. The lowest BCUT2D eigenvalue weighted by atomic mass is 9.82. The first kappa shape index (κ1) is 13.9. The molecule has 5 nitrogen and oxygen atoms in total. The van der Waals surface area contributed by atoms with Crippen LogP contribution in [0.3, 0.4) is 0 Å². The molecule has 1 aromatic rings. The molecule has 5 heteroatoms. The van der Waals surface area contributed by atoms with Gasteiger partial charge in [-0.1, -0.05) is 19.3 Å². The summed E-state index contributed by atoms with van der Waals surface area (Å²) in [5.74, 6) is 1.26. The predicted octanol–water partition coefficient (Wildman–Crippen LogP) is 2.64. The van der Waals surface area contributed by atoms with Crippen molar-refractivity contribution in [2.75, 3.05) is 13.4 Å². The van der Waals surface area contributed by atoms with E-state index in [2.05, 4.69) is 5.32 Å². The van der Waals surface area contributed by atoms with E-state index in [1.807, 2.05) is 0 Å². The lowest BCUT2D eigenvalue weighted by Gasteiger charge is -2.32. The standard InChI is InChI=1S/C17H21NO4/c19-16(12-4-5-14-15(8-12)21-11-20-14)18-13-9-17(22-10-13)6-2-1-3-7-17/h4-5,8,13H,1-3,6-7,9-11H2,(H,18,19). The van der Waals surface area contributed by atoms with Crippen molar-refractivity contribution in [3.05, 3.63) is 23.8 Å². The maximum Gasteiger partial charge on any atom is 0.251 e. The third kappa shape index (κ3) is 2.54. The van der Waals surface area contributed by atoms with Crippen LogP contribution in [0.2, 0.25) is 0 Å². The summed E-state index contributed by atoms with van der Waals surface area (Å²) >= 11 is 0. The van der Waals surface area contributed by atoms with E-state index >= 15 is 0 Å². The number of rotatable bonds is 2. The van der Waals surface area contributed by atoms with Crippen molar-refractivity contribution >= 4 is 5.91 Å². The third-order valence-corrected chi connectivity index (χ3v) is 4.94. The maximum absolute atomic E-state index is 12.4. The molecule has 22 heavy (non-hydrogen) atoms. The molecule has 2 fully saturated rings. The fourth-order valence-corrected chi connectivity index (χ4v) is 3.79. The molecule has 3 aliphatic rings. The Morgan fingerprint density at radius 2 is 1.95 bits per heavy atom. The molecule has 2 aliphatic heterocycles. The summed E-state index contributed by atoms with van der Waals surface area (Å²) in [6, 6.07) is 5.40. The first-order chi connectivity index (χ1) is 10.7. The average molecular weight is 303 g/mol. The van der Waals surface area contributed by atoms with Gasteiger partial charge in [-0.15, -0.1) is 0 Å². The van der Waals surface area contributed by atoms with E-state index in [0.717, 1.165) is 19.3 Å². The summed E-state index contributed by atoms with van der Waals surface area (Å²) < 4.78 is 16.6. The number of hydrogen-bond acceptors (Lipinski definition) is 4. The molecule has 1 spiro atoms. The zero-order valence-electron chi connectivity index (χ0n) is 12.6. The minimum absolute atomic E-state index is 0.0189. The molecule has 1 amide bonds. The smallest absolute Gasteiger partial charge is 0.251 e. The lowest BCUT2D eigenvalue weighted by Crippen LogP contribution is -2.37. The maximum atomic E-state index is 12.4. The molecule has 4 rings (SSSR count). The molecule has 0 radical (unpaired) electrons. The van der Waals surface area contributed by atoms with Crippen molar-refractivity contribution in [2.45, 2.75) is 50.2 Å². The molecule has 1 saturated carbocycles. The van der Waals surface area contributed by atoms with E-state index in [0.29, 0.717) is 23.7 Å². The van der Waals surface area contributed by atoms with Crippen LogP contribution in [0.4, 0.5) is 0 Å². The van der Waals surface area contributed by atoms with Gasteiger partial charge in [-0.25, -0.2) is 0 Å². The number of fused-ring (bicyclic) bond motifs is 1. The van der Waals surface area contributed by atoms with Crippen LogP contribution in [-0.2, 0) is 4.74 Å². The summed E-state index contributed by atoms with van der Waals surface area (Å²) in [4.78, 5) is 12.4. The Morgan fingerprint density at radius 1 is 1.14 bits per heavy atom. The molecule has 2 heterocycles. The molecule has 118 valence electrons. The molecular weight excluding hydrogens is 282 g/mol. The van der Waals surface area contributed by atoms with Gasteiger partial charge in [0.25, 0.3) is 5.91 Å². The normalized spacial score (nSPS) is 25.4. The topological polar surface area (TPSA) is 56.8 Å². The van der Waals surface area contributed by atoms with Crippen molar-refractivity contribution in [1.29, 1.82) is 0 Å². The van der Waals surface area contributed by atoms with Gasteiger partial charge in [0, 0.05) is 5.56 Å². The highest BCUT2D eigenvalue weighted by Gasteiger charge is 2.41. The molecule has 1 atom stereocenters. The summed E-state index contributed by atoms with van der Waals surface area (Å²) in [7, 11) is 0. The molecular formula is C17H21NO4. The van der Waals surface area contributed by atoms with Crippen LogP contribution in [0.5, 0.6) is 11.5 Å². The number of nitrogens with one attached hydrogen (secondary N) is 1. The fraction of sp³-hybridized carbons (Fsp3) is 0.588. The second-order valence-electron chi connectivity index (χ2n) is 6.50. The van der Waals surface area contributed by atoms with E-state index in [1.54, 1.807) is 18.2 Å². The van der Waals surface area contributed by atoms with E-state index in [4.69, 9.17) is 14.2 Å². The summed E-state index contributed by atoms with van der Waals surface area (Å²) in [5, 5.41) is 3.10. The largest absolute Gasteiger partial charge is 0.454 e. The highest BCUT2D eigenvalue weighted by Crippen LogP contribution is 2.39. The minimum atomic E-state index is -0.0697. The Morgan fingerprint density at radius 3 is 2.82 bits per heavy atom. The van der Waals surface area contributed by atoms with Gasteiger partial charge in [0.15, 0.2) is 11.5 Å². The predicted molar refractivity (Wildman–Crippen MR) is 80.2 cm³/mol. The highest BCUT2D eigenvalue weighted by atomic mass is 16.7. The van der Waals surface area contributed by atoms with Gasteiger partial charge >= 0.3 is 0 Å². The van der Waals surface area contributed by atoms with Crippen molar-refractivity contribution in [3.63, 3.8) is 0 Å². The van der Waals surface area contributed by atoms with Crippen LogP contribution in [0, 0.1) is 0 Å². The van der Waals surface area contributed by atoms with Crippen LogP contribution in [0.1, 0.15) is 48.9 Å². The number of carbonyl (C=O) groups excluding carboxylic acids is 1. The third-order valence-electron chi connectivity index (χ3n) is 4.94. The Kier molecular flexibility index (Phi) is 3.45. The monoisotopic (exact) mass is 303 g/mol. The van der Waals surface area contributed by atoms with Crippen molar-refractivity contribution in [1.82, 2.24) is 5.32 Å². The number of ether oxygens (including phenoxy) is 3. The highest BCUT2D eigenvalue weighted by molar-refractivity contribution is 5.95. The molecule has 1 unspecified atom stereocenters. The van der Waals surface area contributed by atoms with Crippen LogP contribution in [-0.4, -0.2) is 30.9 Å². The van der Waals surface area contributed by atoms with Gasteiger partial charge < -0.3 is 19.5 Å². The first-order valence-corrected chi connectivity index (χ1v) is 8.09. The van der Waals surface area contributed by atoms with E-state index in [9.17, 15) is 4.79 Å². The molecule has 1 saturated heterocycles. The number of carbonyl (C=O) groups is 1. The first-order valence-electron chi connectivity index (χ1n) is 8.09. The SMILES string of the molecule is O=C(NC1COC2(CCCCC2)C1)c1ccc2c(c1)OCO2. The summed E-state index contributed by atoms with van der Waals surface area (Å²) in [5.41, 5.74) is 0.624. The van der Waals surface area contributed by atoms with E-state index in [-0.39, 0.29) is 24.3 Å². The van der Waals surface area contributed by atoms with Gasteiger partial charge in [-0.05, 0) is 37.5 Å². The Labute approximate surface area is 129 Å². The van der Waals surface area contributed by atoms with Gasteiger partial charge in [0.2, 0.25) is 6.79 Å².